The van der Waals surface area contributed by atoms with Crippen molar-refractivity contribution in [2.24, 2.45) is 0 Å². The fraction of sp³-hybridized carbons (Fsp3) is 0.133. The van der Waals surface area contributed by atoms with Crippen LogP contribution < -0.4 is 10.1 Å². The molecule has 1 aromatic carbocycles. The average Bonchev–Trinajstić information content (AvgIpc) is 3.17. The number of carbonyl (C=O) groups excluding carboxylic acids is 1. The van der Waals surface area contributed by atoms with Gasteiger partial charge in [0.25, 0.3) is 5.89 Å². The summed E-state index contributed by atoms with van der Waals surface area (Å²) in [7, 11) is 1.60. The lowest BCUT2D eigenvalue weighted by atomic mass is 10.1. The van der Waals surface area contributed by atoms with Gasteiger partial charge in [-0.25, -0.2) is 0 Å². The van der Waals surface area contributed by atoms with Crippen LogP contribution in [0.2, 0.25) is 0 Å². The molecule has 6 nitrogen and oxygen atoms in total. The van der Waals surface area contributed by atoms with Crippen molar-refractivity contribution in [3.05, 3.63) is 45.7 Å². The molecule has 1 N–H and O–H groups in total. The van der Waals surface area contributed by atoms with Crippen LogP contribution in [0, 0.1) is 0 Å². The van der Waals surface area contributed by atoms with Crippen LogP contribution >= 0.6 is 27.3 Å². The summed E-state index contributed by atoms with van der Waals surface area (Å²) < 4.78 is 11.5. The van der Waals surface area contributed by atoms with E-state index in [-0.39, 0.29) is 18.3 Å². The number of anilines is 1. The molecule has 2 heterocycles. The molecule has 0 aliphatic rings. The molecule has 0 spiro atoms. The Kier molecular flexibility index (Phi) is 4.73. The van der Waals surface area contributed by atoms with Gasteiger partial charge in [0.2, 0.25) is 5.91 Å². The first kappa shape index (κ1) is 15.7. The molecule has 8 heteroatoms. The molecule has 0 aliphatic heterocycles. The monoisotopic (exact) mass is 393 g/mol. The lowest BCUT2D eigenvalue weighted by molar-refractivity contribution is -0.115. The molecule has 3 aromatic rings. The summed E-state index contributed by atoms with van der Waals surface area (Å²) in [5.74, 6) is 0.899. The number of hydrogen-bond donors (Lipinski definition) is 1. The molecule has 0 radical (unpaired) electrons. The van der Waals surface area contributed by atoms with Crippen LogP contribution in [-0.4, -0.2) is 23.2 Å². The summed E-state index contributed by atoms with van der Waals surface area (Å²) >= 11 is 4.85. The molecule has 118 valence electrons. The van der Waals surface area contributed by atoms with Gasteiger partial charge in [0.15, 0.2) is 0 Å². The van der Waals surface area contributed by atoms with E-state index in [0.29, 0.717) is 5.89 Å². The van der Waals surface area contributed by atoms with Crippen LogP contribution in [0.3, 0.4) is 0 Å². The Morgan fingerprint density at radius 3 is 2.70 bits per heavy atom. The van der Waals surface area contributed by atoms with Crippen molar-refractivity contribution in [3.63, 3.8) is 0 Å². The van der Waals surface area contributed by atoms with E-state index < -0.39 is 0 Å². The summed E-state index contributed by atoms with van der Waals surface area (Å²) in [6.07, 6.45) is 0.215. The molecule has 0 bridgehead atoms. The molecule has 23 heavy (non-hydrogen) atoms. The SMILES string of the molecule is COc1ccc(CC(=O)Nc2nnc(-c3ccc(Br)s3)o2)cc1. The molecule has 2 aromatic heterocycles. The molecule has 0 unspecified atom stereocenters. The lowest BCUT2D eigenvalue weighted by Gasteiger charge is -2.03. The molecule has 0 aliphatic carbocycles. The van der Waals surface area contributed by atoms with E-state index >= 15 is 0 Å². The first-order valence-corrected chi connectivity index (χ1v) is 8.27. The number of thiophene rings is 1. The number of ether oxygens (including phenoxy) is 1. The minimum absolute atomic E-state index is 0.0861. The van der Waals surface area contributed by atoms with Gasteiger partial charge in [-0.3, -0.25) is 10.1 Å². The van der Waals surface area contributed by atoms with Crippen molar-refractivity contribution < 1.29 is 13.9 Å². The van der Waals surface area contributed by atoms with Gasteiger partial charge in [-0.05, 0) is 45.8 Å². The van der Waals surface area contributed by atoms with E-state index in [2.05, 4.69) is 31.4 Å². The molecular weight excluding hydrogens is 382 g/mol. The molecule has 0 atom stereocenters. The normalized spacial score (nSPS) is 10.5. The Labute approximate surface area is 144 Å². The Morgan fingerprint density at radius 1 is 1.26 bits per heavy atom. The Bertz CT molecular complexity index is 813. The molecule has 0 saturated heterocycles. The highest BCUT2D eigenvalue weighted by atomic mass is 79.9. The highest BCUT2D eigenvalue weighted by Gasteiger charge is 2.13. The van der Waals surface area contributed by atoms with Crippen molar-refractivity contribution in [2.45, 2.75) is 6.42 Å². The van der Waals surface area contributed by atoms with Crippen LogP contribution in [0.25, 0.3) is 10.8 Å². The van der Waals surface area contributed by atoms with E-state index in [4.69, 9.17) is 9.15 Å². The Balaban J connectivity index is 1.62. The van der Waals surface area contributed by atoms with Crippen molar-refractivity contribution in [3.8, 4) is 16.5 Å². The minimum atomic E-state index is -0.224. The van der Waals surface area contributed by atoms with Gasteiger partial charge in [-0.1, -0.05) is 17.2 Å². The standard InChI is InChI=1S/C15H12BrN3O3S/c1-21-10-4-2-9(3-5-10)8-13(20)17-15-19-18-14(22-15)11-6-7-12(16)23-11/h2-7H,8H2,1H3,(H,17,19,20). The first-order chi connectivity index (χ1) is 11.1. The summed E-state index contributed by atoms with van der Waals surface area (Å²) in [5.41, 5.74) is 0.866. The number of amides is 1. The zero-order chi connectivity index (χ0) is 16.2. The lowest BCUT2D eigenvalue weighted by Crippen LogP contribution is -2.14. The van der Waals surface area contributed by atoms with Crippen molar-refractivity contribution >= 4 is 39.2 Å². The summed E-state index contributed by atoms with van der Waals surface area (Å²) in [6.45, 7) is 0. The molecule has 0 fully saturated rings. The fourth-order valence-electron chi connectivity index (χ4n) is 1.89. The summed E-state index contributed by atoms with van der Waals surface area (Å²) in [4.78, 5) is 12.8. The third-order valence-corrected chi connectivity index (χ3v) is 4.59. The highest BCUT2D eigenvalue weighted by molar-refractivity contribution is 9.11. The number of hydrogen-bond acceptors (Lipinski definition) is 6. The smallest absolute Gasteiger partial charge is 0.322 e. The van der Waals surface area contributed by atoms with Crippen LogP contribution in [0.1, 0.15) is 5.56 Å². The molecule has 0 saturated carbocycles. The van der Waals surface area contributed by atoms with Gasteiger partial charge in [-0.15, -0.1) is 16.4 Å². The maximum Gasteiger partial charge on any atom is 0.322 e. The van der Waals surface area contributed by atoms with E-state index in [0.717, 1.165) is 20.0 Å². The van der Waals surface area contributed by atoms with Gasteiger partial charge >= 0.3 is 6.01 Å². The Hall–Kier alpha value is -2.19. The number of halogens is 1. The van der Waals surface area contributed by atoms with Crippen LogP contribution in [0.5, 0.6) is 5.75 Å². The van der Waals surface area contributed by atoms with Gasteiger partial charge < -0.3 is 9.15 Å². The van der Waals surface area contributed by atoms with Crippen molar-refractivity contribution in [1.82, 2.24) is 10.2 Å². The Morgan fingerprint density at radius 2 is 2.04 bits per heavy atom. The quantitative estimate of drug-likeness (QED) is 0.713. The number of nitrogens with one attached hydrogen (secondary N) is 1. The predicted octanol–water partition coefficient (Wildman–Crippen LogP) is 3.75. The van der Waals surface area contributed by atoms with Crippen LogP contribution in [0.15, 0.2) is 44.6 Å². The van der Waals surface area contributed by atoms with Gasteiger partial charge in [-0.2, -0.15) is 0 Å². The van der Waals surface area contributed by atoms with Crippen molar-refractivity contribution in [1.29, 1.82) is 0 Å². The maximum atomic E-state index is 12.0. The number of rotatable bonds is 5. The number of benzene rings is 1. The molecule has 3 rings (SSSR count). The minimum Gasteiger partial charge on any atom is -0.497 e. The second-order valence-corrected chi connectivity index (χ2v) is 7.05. The van der Waals surface area contributed by atoms with Crippen molar-refractivity contribution in [2.75, 3.05) is 12.4 Å². The zero-order valence-electron chi connectivity index (χ0n) is 12.1. The summed E-state index contributed by atoms with van der Waals surface area (Å²) in [5, 5.41) is 10.4. The second kappa shape index (κ2) is 6.93. The molecule has 1 amide bonds. The van der Waals surface area contributed by atoms with E-state index in [9.17, 15) is 4.79 Å². The van der Waals surface area contributed by atoms with E-state index in [1.807, 2.05) is 36.4 Å². The second-order valence-electron chi connectivity index (χ2n) is 4.59. The van der Waals surface area contributed by atoms with Crippen LogP contribution in [0.4, 0.5) is 6.01 Å². The van der Waals surface area contributed by atoms with Gasteiger partial charge in [0.1, 0.15) is 5.75 Å². The highest BCUT2D eigenvalue weighted by Crippen LogP contribution is 2.30. The van der Waals surface area contributed by atoms with Gasteiger partial charge in [0, 0.05) is 0 Å². The van der Waals surface area contributed by atoms with E-state index in [1.165, 1.54) is 11.3 Å². The first-order valence-electron chi connectivity index (χ1n) is 6.66. The van der Waals surface area contributed by atoms with Crippen LogP contribution in [-0.2, 0) is 11.2 Å². The van der Waals surface area contributed by atoms with E-state index in [1.54, 1.807) is 7.11 Å². The largest absolute Gasteiger partial charge is 0.497 e. The maximum absolute atomic E-state index is 12.0. The number of carbonyl (C=O) groups is 1. The number of nitrogens with zero attached hydrogens (tertiary/aromatic N) is 2. The third kappa shape index (κ3) is 3.96. The third-order valence-electron chi connectivity index (χ3n) is 2.98. The molecular formula is C15H12BrN3O3S. The zero-order valence-corrected chi connectivity index (χ0v) is 14.5. The fourth-order valence-corrected chi connectivity index (χ4v) is 3.20. The summed E-state index contributed by atoms with van der Waals surface area (Å²) in [6, 6.07) is 11.1. The number of methoxy groups -OCH3 is 1. The predicted molar refractivity (Wildman–Crippen MR) is 90.6 cm³/mol. The average molecular weight is 394 g/mol. The number of aromatic nitrogens is 2. The van der Waals surface area contributed by atoms with Gasteiger partial charge in [0.05, 0.1) is 22.2 Å². The topological polar surface area (TPSA) is 77.2 Å².